The van der Waals surface area contributed by atoms with Crippen LogP contribution < -0.4 is 0 Å². The number of hydrogen-bond acceptors (Lipinski definition) is 3. The summed E-state index contributed by atoms with van der Waals surface area (Å²) in [5.74, 6) is 0.402. The van der Waals surface area contributed by atoms with Gasteiger partial charge in [0.2, 0.25) is 0 Å². The largest absolute Gasteiger partial charge is 0.396 e. The Balaban J connectivity index is 2.23. The van der Waals surface area contributed by atoms with E-state index < -0.39 is 0 Å². The van der Waals surface area contributed by atoms with Crippen molar-refractivity contribution in [2.24, 2.45) is 5.92 Å². The van der Waals surface area contributed by atoms with Crippen LogP contribution in [0.3, 0.4) is 0 Å². The highest BCUT2D eigenvalue weighted by atomic mass is 32.1. The van der Waals surface area contributed by atoms with Crippen LogP contribution in [0, 0.1) is 5.92 Å². The summed E-state index contributed by atoms with van der Waals surface area (Å²) in [6.07, 6.45) is 3.85. The van der Waals surface area contributed by atoms with Gasteiger partial charge in [0.1, 0.15) is 0 Å². The highest BCUT2D eigenvalue weighted by Crippen LogP contribution is 2.10. The van der Waals surface area contributed by atoms with Gasteiger partial charge in [0.15, 0.2) is 0 Å². The van der Waals surface area contributed by atoms with Crippen LogP contribution in [0.15, 0.2) is 11.6 Å². The molecule has 0 bridgehead atoms. The summed E-state index contributed by atoms with van der Waals surface area (Å²) in [5, 5.41) is 11.9. The van der Waals surface area contributed by atoms with Crippen LogP contribution in [0.4, 0.5) is 0 Å². The molecule has 3 heteroatoms. The van der Waals surface area contributed by atoms with Gasteiger partial charge in [-0.15, -0.1) is 11.3 Å². The molecule has 0 aliphatic rings. The summed E-state index contributed by atoms with van der Waals surface area (Å²) < 4.78 is 0. The topological polar surface area (TPSA) is 33.1 Å². The van der Waals surface area contributed by atoms with Crippen molar-refractivity contribution in [1.29, 1.82) is 0 Å². The standard InChI is InChI=1S/C8H13NOS/c1-7(6-10)2-3-8-9-4-5-11-8/h4-5,7,10H,2-3,6H2,1H3. The Morgan fingerprint density at radius 2 is 2.55 bits per heavy atom. The number of nitrogens with zero attached hydrogens (tertiary/aromatic N) is 1. The Morgan fingerprint density at radius 3 is 3.09 bits per heavy atom. The second-order valence-corrected chi connectivity index (χ2v) is 3.73. The molecule has 0 spiro atoms. The molecule has 0 amide bonds. The van der Waals surface area contributed by atoms with Crippen molar-refractivity contribution in [3.05, 3.63) is 16.6 Å². The Hall–Kier alpha value is -0.410. The Labute approximate surface area is 70.9 Å². The molecule has 0 fully saturated rings. The SMILES string of the molecule is CC(CO)CCc1nccs1. The molecule has 1 heterocycles. The molecule has 0 aromatic carbocycles. The third kappa shape index (κ3) is 2.99. The molecule has 0 aliphatic heterocycles. The highest BCUT2D eigenvalue weighted by Gasteiger charge is 2.01. The van der Waals surface area contributed by atoms with Crippen molar-refractivity contribution in [3.63, 3.8) is 0 Å². The smallest absolute Gasteiger partial charge is 0.0924 e. The quantitative estimate of drug-likeness (QED) is 0.748. The van der Waals surface area contributed by atoms with E-state index in [4.69, 9.17) is 5.11 Å². The number of aromatic nitrogens is 1. The van der Waals surface area contributed by atoms with Gasteiger partial charge in [0.25, 0.3) is 0 Å². The van der Waals surface area contributed by atoms with Gasteiger partial charge in [-0.05, 0) is 18.8 Å². The van der Waals surface area contributed by atoms with Crippen molar-refractivity contribution in [2.75, 3.05) is 6.61 Å². The minimum atomic E-state index is 0.283. The Morgan fingerprint density at radius 1 is 1.73 bits per heavy atom. The zero-order valence-corrected chi connectivity index (χ0v) is 7.47. The van der Waals surface area contributed by atoms with Crippen LogP contribution in [0.1, 0.15) is 18.4 Å². The third-order valence-corrected chi connectivity index (χ3v) is 2.49. The molecular weight excluding hydrogens is 158 g/mol. The zero-order valence-electron chi connectivity index (χ0n) is 6.66. The minimum absolute atomic E-state index is 0.283. The van der Waals surface area contributed by atoms with Gasteiger partial charge in [-0.25, -0.2) is 4.98 Å². The fraction of sp³-hybridized carbons (Fsp3) is 0.625. The molecule has 1 atom stereocenters. The lowest BCUT2D eigenvalue weighted by molar-refractivity contribution is 0.230. The molecule has 1 unspecified atom stereocenters. The van der Waals surface area contributed by atoms with E-state index in [1.807, 2.05) is 18.5 Å². The van der Waals surface area contributed by atoms with Crippen LogP contribution in [-0.4, -0.2) is 16.7 Å². The van der Waals surface area contributed by atoms with E-state index in [1.165, 1.54) is 5.01 Å². The van der Waals surface area contributed by atoms with Crippen LogP contribution in [-0.2, 0) is 6.42 Å². The monoisotopic (exact) mass is 171 g/mol. The number of aryl methyl sites for hydroxylation is 1. The fourth-order valence-electron chi connectivity index (χ4n) is 0.838. The van der Waals surface area contributed by atoms with E-state index in [0.29, 0.717) is 5.92 Å². The normalized spacial score (nSPS) is 13.3. The number of aliphatic hydroxyl groups is 1. The van der Waals surface area contributed by atoms with Crippen molar-refractivity contribution < 1.29 is 5.11 Å². The van der Waals surface area contributed by atoms with Crippen LogP contribution in [0.5, 0.6) is 0 Å². The van der Waals surface area contributed by atoms with Crippen molar-refractivity contribution >= 4 is 11.3 Å². The van der Waals surface area contributed by atoms with E-state index in [0.717, 1.165) is 12.8 Å². The summed E-state index contributed by atoms with van der Waals surface area (Å²) in [4.78, 5) is 4.16. The molecule has 62 valence electrons. The van der Waals surface area contributed by atoms with Gasteiger partial charge in [0.05, 0.1) is 5.01 Å². The molecule has 11 heavy (non-hydrogen) atoms. The lowest BCUT2D eigenvalue weighted by atomic mass is 10.1. The number of aliphatic hydroxyl groups excluding tert-OH is 1. The number of thiazole rings is 1. The van der Waals surface area contributed by atoms with Gasteiger partial charge in [-0.1, -0.05) is 6.92 Å². The summed E-state index contributed by atoms with van der Waals surface area (Å²) >= 11 is 1.68. The van der Waals surface area contributed by atoms with E-state index >= 15 is 0 Å². The molecular formula is C8H13NOS. The van der Waals surface area contributed by atoms with Gasteiger partial charge in [0, 0.05) is 18.2 Å². The maximum Gasteiger partial charge on any atom is 0.0924 e. The Bertz CT molecular complexity index is 186. The molecule has 0 saturated carbocycles. The molecule has 1 N–H and O–H groups in total. The first-order valence-corrected chi connectivity index (χ1v) is 4.70. The molecule has 0 saturated heterocycles. The van der Waals surface area contributed by atoms with E-state index in [1.54, 1.807) is 11.3 Å². The summed E-state index contributed by atoms with van der Waals surface area (Å²) in [6, 6.07) is 0. The molecule has 0 radical (unpaired) electrons. The van der Waals surface area contributed by atoms with Crippen molar-refractivity contribution in [1.82, 2.24) is 4.98 Å². The second kappa shape index (κ2) is 4.46. The van der Waals surface area contributed by atoms with Crippen LogP contribution >= 0.6 is 11.3 Å². The first kappa shape index (κ1) is 8.68. The predicted octanol–water partition coefficient (Wildman–Crippen LogP) is 1.70. The molecule has 1 aromatic heterocycles. The minimum Gasteiger partial charge on any atom is -0.396 e. The maximum atomic E-state index is 8.75. The number of hydrogen-bond donors (Lipinski definition) is 1. The first-order valence-electron chi connectivity index (χ1n) is 3.82. The molecule has 2 nitrogen and oxygen atoms in total. The fourth-order valence-corrected chi connectivity index (χ4v) is 1.47. The first-order chi connectivity index (χ1) is 5.33. The van der Waals surface area contributed by atoms with Gasteiger partial charge in [-0.3, -0.25) is 0 Å². The van der Waals surface area contributed by atoms with Crippen LogP contribution in [0.25, 0.3) is 0 Å². The van der Waals surface area contributed by atoms with Gasteiger partial charge in [-0.2, -0.15) is 0 Å². The van der Waals surface area contributed by atoms with Gasteiger partial charge >= 0.3 is 0 Å². The van der Waals surface area contributed by atoms with Crippen LogP contribution in [0.2, 0.25) is 0 Å². The average molecular weight is 171 g/mol. The highest BCUT2D eigenvalue weighted by molar-refractivity contribution is 7.09. The Kier molecular flexibility index (Phi) is 3.52. The zero-order chi connectivity index (χ0) is 8.10. The molecule has 0 aliphatic carbocycles. The van der Waals surface area contributed by atoms with E-state index in [2.05, 4.69) is 4.98 Å². The average Bonchev–Trinajstić information content (AvgIpc) is 2.52. The maximum absolute atomic E-state index is 8.75. The van der Waals surface area contributed by atoms with E-state index in [-0.39, 0.29) is 6.61 Å². The number of rotatable bonds is 4. The lowest BCUT2D eigenvalue weighted by Crippen LogP contribution is -2.01. The molecule has 1 rings (SSSR count). The van der Waals surface area contributed by atoms with Crippen molar-refractivity contribution in [3.8, 4) is 0 Å². The van der Waals surface area contributed by atoms with E-state index in [9.17, 15) is 0 Å². The summed E-state index contributed by atoms with van der Waals surface area (Å²) in [6.45, 7) is 2.33. The summed E-state index contributed by atoms with van der Waals surface area (Å²) in [5.41, 5.74) is 0. The summed E-state index contributed by atoms with van der Waals surface area (Å²) in [7, 11) is 0. The third-order valence-electron chi connectivity index (χ3n) is 1.65. The van der Waals surface area contributed by atoms with Crippen molar-refractivity contribution in [2.45, 2.75) is 19.8 Å². The predicted molar refractivity (Wildman–Crippen MR) is 46.7 cm³/mol. The lowest BCUT2D eigenvalue weighted by Gasteiger charge is -2.03. The second-order valence-electron chi connectivity index (χ2n) is 2.75. The molecule has 1 aromatic rings. The van der Waals surface area contributed by atoms with Gasteiger partial charge < -0.3 is 5.11 Å².